The number of phenolic OH excluding ortho intramolecular Hbond substituents is 1. The van der Waals surface area contributed by atoms with Gasteiger partial charge in [0.2, 0.25) is 0 Å². The summed E-state index contributed by atoms with van der Waals surface area (Å²) in [5.74, 6) is -47.2. The molecule has 19 heteroatoms. The SMILES string of the molecule is OCC(O)COc1ccc(-c2ccc(O)cc2)cc1CCCC(F)(F)C(F)(F)C(F)(F)C(F)(F)C(F)(F)C(F)(F)C(F)(F)F. The van der Waals surface area contributed by atoms with Gasteiger partial charge in [-0.3, -0.25) is 0 Å². The molecule has 0 aliphatic rings. The molecule has 250 valence electrons. The smallest absolute Gasteiger partial charge is 0.460 e. The third kappa shape index (κ3) is 6.62. The van der Waals surface area contributed by atoms with E-state index in [0.29, 0.717) is 5.56 Å². The second kappa shape index (κ2) is 12.4. The van der Waals surface area contributed by atoms with Crippen molar-refractivity contribution in [2.75, 3.05) is 13.2 Å². The van der Waals surface area contributed by atoms with Crippen LogP contribution in [0.4, 0.5) is 65.9 Å². The van der Waals surface area contributed by atoms with Gasteiger partial charge in [-0.05, 0) is 53.8 Å². The van der Waals surface area contributed by atoms with E-state index >= 15 is 0 Å². The molecular weight excluding hydrogens is 649 g/mol. The molecule has 0 saturated heterocycles. The van der Waals surface area contributed by atoms with Crippen LogP contribution < -0.4 is 4.74 Å². The molecule has 2 aromatic carbocycles. The normalized spacial score (nSPS) is 14.9. The van der Waals surface area contributed by atoms with Gasteiger partial charge in [-0.1, -0.05) is 18.2 Å². The maximum absolute atomic E-state index is 14.3. The fraction of sp³-hybridized carbons (Fsp3) is 0.520. The third-order valence-corrected chi connectivity index (χ3v) is 6.23. The molecule has 0 aliphatic heterocycles. The topological polar surface area (TPSA) is 69.9 Å². The number of aliphatic hydroxyl groups is 2. The van der Waals surface area contributed by atoms with E-state index in [1.807, 2.05) is 0 Å². The Balaban J connectivity index is 2.38. The van der Waals surface area contributed by atoms with Crippen molar-refractivity contribution in [3.8, 4) is 22.6 Å². The number of aliphatic hydroxyl groups excluding tert-OH is 2. The zero-order chi connectivity index (χ0) is 34.2. The first-order valence-electron chi connectivity index (χ1n) is 12.0. The first-order chi connectivity index (χ1) is 19.8. The summed E-state index contributed by atoms with van der Waals surface area (Å²) in [6.45, 7) is -1.43. The largest absolute Gasteiger partial charge is 0.508 e. The fourth-order valence-electron chi connectivity index (χ4n) is 3.64. The molecule has 3 N–H and O–H groups in total. The molecule has 2 aromatic rings. The van der Waals surface area contributed by atoms with Crippen LogP contribution in [0.5, 0.6) is 11.5 Å². The molecule has 1 atom stereocenters. The Kier molecular flexibility index (Phi) is 10.4. The molecule has 2 rings (SSSR count). The predicted molar refractivity (Wildman–Crippen MR) is 121 cm³/mol. The lowest BCUT2D eigenvalue weighted by molar-refractivity contribution is -0.452. The van der Waals surface area contributed by atoms with Crippen LogP contribution >= 0.6 is 0 Å². The van der Waals surface area contributed by atoms with Crippen LogP contribution in [0.1, 0.15) is 18.4 Å². The molecule has 0 radical (unpaired) electrons. The number of halogens is 15. The molecule has 0 aromatic heterocycles. The highest BCUT2D eigenvalue weighted by Gasteiger charge is 2.93. The number of alkyl halides is 15. The predicted octanol–water partition coefficient (Wildman–Crippen LogP) is 7.49. The van der Waals surface area contributed by atoms with Gasteiger partial charge in [0.25, 0.3) is 0 Å². The number of hydrogen-bond donors (Lipinski definition) is 3. The van der Waals surface area contributed by atoms with E-state index in [9.17, 15) is 76.1 Å². The van der Waals surface area contributed by atoms with Gasteiger partial charge in [-0.2, -0.15) is 65.9 Å². The second-order valence-electron chi connectivity index (χ2n) is 9.44. The molecule has 0 spiro atoms. The minimum Gasteiger partial charge on any atom is -0.508 e. The quantitative estimate of drug-likeness (QED) is 0.182. The van der Waals surface area contributed by atoms with Gasteiger partial charge in [0.05, 0.1) is 6.61 Å². The van der Waals surface area contributed by atoms with Crippen molar-refractivity contribution in [1.29, 1.82) is 0 Å². The first kappa shape index (κ1) is 37.1. The summed E-state index contributed by atoms with van der Waals surface area (Å²) in [4.78, 5) is 0. The van der Waals surface area contributed by atoms with Crippen molar-refractivity contribution in [2.24, 2.45) is 0 Å². The van der Waals surface area contributed by atoms with Gasteiger partial charge in [0.1, 0.15) is 24.2 Å². The van der Waals surface area contributed by atoms with Crippen LogP contribution in [0.15, 0.2) is 42.5 Å². The van der Waals surface area contributed by atoms with Gasteiger partial charge >= 0.3 is 41.7 Å². The molecular formula is C25H21F15O4. The Hall–Kier alpha value is -3.09. The number of ether oxygens (including phenoxy) is 1. The van der Waals surface area contributed by atoms with Crippen molar-refractivity contribution in [3.63, 3.8) is 0 Å². The summed E-state index contributed by atoms with van der Waals surface area (Å²) >= 11 is 0. The van der Waals surface area contributed by atoms with Crippen molar-refractivity contribution in [2.45, 2.75) is 67.1 Å². The molecule has 0 amide bonds. The molecule has 1 unspecified atom stereocenters. The van der Waals surface area contributed by atoms with Crippen molar-refractivity contribution in [3.05, 3.63) is 48.0 Å². The number of aromatic hydroxyl groups is 1. The molecule has 4 nitrogen and oxygen atoms in total. The van der Waals surface area contributed by atoms with Gasteiger partial charge in [-0.15, -0.1) is 0 Å². The van der Waals surface area contributed by atoms with Gasteiger partial charge in [0, 0.05) is 6.42 Å². The minimum atomic E-state index is -8.35. The number of rotatable bonds is 14. The average Bonchev–Trinajstić information content (AvgIpc) is 2.91. The highest BCUT2D eigenvalue weighted by Crippen LogP contribution is 2.62. The molecule has 0 fully saturated rings. The van der Waals surface area contributed by atoms with E-state index in [2.05, 4.69) is 0 Å². The number of hydrogen-bond acceptors (Lipinski definition) is 4. The van der Waals surface area contributed by atoms with Gasteiger partial charge in [-0.25, -0.2) is 0 Å². The molecule has 0 saturated carbocycles. The summed E-state index contributed by atoms with van der Waals surface area (Å²) in [6.07, 6.45) is -13.8. The Morgan fingerprint density at radius 2 is 1.11 bits per heavy atom. The van der Waals surface area contributed by atoms with E-state index in [4.69, 9.17) is 9.84 Å². The minimum absolute atomic E-state index is 0.169. The van der Waals surface area contributed by atoms with E-state index in [1.165, 1.54) is 36.4 Å². The molecule has 0 aliphatic carbocycles. The summed E-state index contributed by atoms with van der Waals surface area (Å²) in [7, 11) is 0. The Morgan fingerprint density at radius 3 is 1.61 bits per heavy atom. The average molecular weight is 670 g/mol. The van der Waals surface area contributed by atoms with E-state index in [0.717, 1.165) is 6.07 Å². The first-order valence-corrected chi connectivity index (χ1v) is 12.0. The Labute approximate surface area is 237 Å². The molecule has 0 bridgehead atoms. The molecule has 44 heavy (non-hydrogen) atoms. The van der Waals surface area contributed by atoms with Crippen LogP contribution in [-0.2, 0) is 6.42 Å². The number of benzene rings is 2. The van der Waals surface area contributed by atoms with E-state index in [-0.39, 0.29) is 22.6 Å². The second-order valence-corrected chi connectivity index (χ2v) is 9.44. The maximum Gasteiger partial charge on any atom is 0.460 e. The summed E-state index contributed by atoms with van der Waals surface area (Å²) in [5.41, 5.74) is 0.445. The zero-order valence-corrected chi connectivity index (χ0v) is 21.6. The van der Waals surface area contributed by atoms with Crippen molar-refractivity contribution >= 4 is 0 Å². The highest BCUT2D eigenvalue weighted by molar-refractivity contribution is 5.66. The monoisotopic (exact) mass is 670 g/mol. The lowest BCUT2D eigenvalue weighted by atomic mass is 9.89. The van der Waals surface area contributed by atoms with Crippen LogP contribution in [0, 0.1) is 0 Å². The van der Waals surface area contributed by atoms with Gasteiger partial charge < -0.3 is 20.1 Å². The Bertz CT molecular complexity index is 1260. The van der Waals surface area contributed by atoms with Gasteiger partial charge in [0.15, 0.2) is 0 Å². The summed E-state index contributed by atoms with van der Waals surface area (Å²) < 4.78 is 207. The van der Waals surface area contributed by atoms with Crippen LogP contribution in [0.2, 0.25) is 0 Å². The maximum atomic E-state index is 14.3. The Morgan fingerprint density at radius 1 is 0.636 bits per heavy atom. The highest BCUT2D eigenvalue weighted by atomic mass is 19.4. The van der Waals surface area contributed by atoms with E-state index < -0.39 is 80.3 Å². The standard InChI is InChI=1S/C25H21F15O4/c26-19(27,20(28,29)21(30,31)22(32,33)23(34,35)24(36,37)25(38,39)40)9-1-2-15-10-14(13-3-6-16(42)7-4-13)5-8-18(15)44-12-17(43)11-41/h3-8,10,17,41-43H,1-2,9,11-12H2. The van der Waals surface area contributed by atoms with E-state index in [1.54, 1.807) is 0 Å². The number of phenols is 1. The van der Waals surface area contributed by atoms with Crippen LogP contribution in [-0.4, -0.2) is 76.3 Å². The van der Waals surface area contributed by atoms with Crippen LogP contribution in [0.25, 0.3) is 11.1 Å². The summed E-state index contributed by atoms with van der Waals surface area (Å²) in [6, 6.07) is 8.85. The van der Waals surface area contributed by atoms with Crippen molar-refractivity contribution in [1.82, 2.24) is 0 Å². The molecule has 0 heterocycles. The summed E-state index contributed by atoms with van der Waals surface area (Å²) in [5, 5.41) is 27.8. The van der Waals surface area contributed by atoms with Crippen LogP contribution in [0.3, 0.4) is 0 Å². The fourth-order valence-corrected chi connectivity index (χ4v) is 3.64. The third-order valence-electron chi connectivity index (χ3n) is 6.23. The lowest BCUT2D eigenvalue weighted by Crippen LogP contribution is -2.72. The van der Waals surface area contributed by atoms with Crippen molar-refractivity contribution < 1.29 is 85.9 Å². The number of aryl methyl sites for hydroxylation is 1. The lowest BCUT2D eigenvalue weighted by Gasteiger charge is -2.41. The zero-order valence-electron chi connectivity index (χ0n) is 21.6.